The Morgan fingerprint density at radius 3 is 1.09 bits per heavy atom. The first-order valence-electron chi connectivity index (χ1n) is 12.0. The number of benzene rings is 3. The molecule has 0 saturated carbocycles. The molecule has 0 radical (unpaired) electrons. The van der Waals surface area contributed by atoms with Gasteiger partial charge in [-0.2, -0.15) is 0 Å². The second-order valence-corrected chi connectivity index (χ2v) is 17.3. The maximum absolute atomic E-state index is 7.37. The van der Waals surface area contributed by atoms with Crippen LogP contribution in [0, 0.1) is 0 Å². The van der Waals surface area contributed by atoms with Crippen molar-refractivity contribution >= 4 is 23.9 Å². The summed E-state index contributed by atoms with van der Waals surface area (Å²) in [7, 11) is -2.99. The third-order valence-electron chi connectivity index (χ3n) is 5.27. The Morgan fingerprint density at radius 2 is 0.818 bits per heavy atom. The Morgan fingerprint density at radius 1 is 0.515 bits per heavy atom. The molecular weight excluding hydrogens is 508 g/mol. The molecule has 0 amide bonds. The summed E-state index contributed by atoms with van der Waals surface area (Å²) >= 11 is -4.45. The minimum atomic E-state index is -4.45. The Kier molecular flexibility index (Phi) is 10.7. The molecular formula is C27H36O4SiZr. The Bertz CT molecular complexity index is 806. The molecule has 4 nitrogen and oxygen atoms in total. The van der Waals surface area contributed by atoms with Crippen molar-refractivity contribution in [2.75, 3.05) is 19.8 Å². The van der Waals surface area contributed by atoms with Gasteiger partial charge in [-0.25, -0.2) is 0 Å². The third-order valence-corrected chi connectivity index (χ3v) is 17.5. The van der Waals surface area contributed by atoms with Crippen LogP contribution < -0.4 is 15.6 Å². The van der Waals surface area contributed by atoms with Gasteiger partial charge < -0.3 is 0 Å². The number of rotatable bonds is 14. The molecule has 0 aliphatic heterocycles. The van der Waals surface area contributed by atoms with Crippen LogP contribution in [0.3, 0.4) is 0 Å². The Balaban J connectivity index is 2.26. The van der Waals surface area contributed by atoms with Gasteiger partial charge in [0.1, 0.15) is 0 Å². The van der Waals surface area contributed by atoms with Crippen LogP contribution in [0.1, 0.15) is 40.0 Å². The van der Waals surface area contributed by atoms with Crippen molar-refractivity contribution in [2.45, 2.75) is 40.0 Å². The second-order valence-electron chi connectivity index (χ2n) is 7.93. The van der Waals surface area contributed by atoms with E-state index >= 15 is 0 Å². The van der Waals surface area contributed by atoms with Crippen LogP contribution in [0.4, 0.5) is 0 Å². The van der Waals surface area contributed by atoms with Crippen molar-refractivity contribution in [1.29, 1.82) is 0 Å². The number of hydrogen-bond donors (Lipinski definition) is 0. The summed E-state index contributed by atoms with van der Waals surface area (Å²) < 4.78 is 26.8. The fraction of sp³-hybridized carbons (Fsp3) is 0.333. The quantitative estimate of drug-likeness (QED) is 0.217. The zero-order valence-corrected chi connectivity index (χ0v) is 23.5. The van der Waals surface area contributed by atoms with Crippen LogP contribution in [-0.2, 0) is 33.0 Å². The van der Waals surface area contributed by atoms with E-state index in [1.807, 2.05) is 18.2 Å². The molecule has 0 unspecified atom stereocenters. The predicted molar refractivity (Wildman–Crippen MR) is 134 cm³/mol. The summed E-state index contributed by atoms with van der Waals surface area (Å²) in [4.78, 5) is 0. The summed E-state index contributed by atoms with van der Waals surface area (Å²) in [5.74, 6) is 0. The topological polar surface area (TPSA) is 36.9 Å². The molecule has 0 spiro atoms. The van der Waals surface area contributed by atoms with Gasteiger partial charge in [0.05, 0.1) is 0 Å². The van der Waals surface area contributed by atoms with Crippen LogP contribution in [-0.4, -0.2) is 28.1 Å². The van der Waals surface area contributed by atoms with Crippen LogP contribution >= 0.6 is 0 Å². The molecule has 0 bridgehead atoms. The van der Waals surface area contributed by atoms with Crippen LogP contribution in [0.5, 0.6) is 0 Å². The molecule has 176 valence electrons. The maximum atomic E-state index is 7.37. The molecule has 0 aromatic heterocycles. The monoisotopic (exact) mass is 542 g/mol. The zero-order valence-electron chi connectivity index (χ0n) is 20.0. The van der Waals surface area contributed by atoms with Crippen molar-refractivity contribution in [3.05, 3.63) is 91.0 Å². The molecule has 33 heavy (non-hydrogen) atoms. The minimum absolute atomic E-state index is 0.562. The summed E-state index contributed by atoms with van der Waals surface area (Å²) in [6.45, 7) is 8.00. The molecule has 0 atom stereocenters. The summed E-state index contributed by atoms with van der Waals surface area (Å²) in [5.41, 5.74) is 0. The molecule has 3 aromatic carbocycles. The normalized spacial score (nSPS) is 12.1. The van der Waals surface area contributed by atoms with Crippen LogP contribution in [0.25, 0.3) is 0 Å². The van der Waals surface area contributed by atoms with E-state index in [0.717, 1.165) is 34.8 Å². The van der Waals surface area contributed by atoms with E-state index in [1.165, 1.54) is 0 Å². The van der Waals surface area contributed by atoms with Gasteiger partial charge in [0.2, 0.25) is 0 Å². The van der Waals surface area contributed by atoms with Crippen molar-refractivity contribution in [3.8, 4) is 0 Å². The van der Waals surface area contributed by atoms with Gasteiger partial charge in [-0.15, -0.1) is 0 Å². The van der Waals surface area contributed by atoms with Gasteiger partial charge in [0.15, 0.2) is 0 Å². The van der Waals surface area contributed by atoms with Crippen LogP contribution in [0.2, 0.25) is 0 Å². The van der Waals surface area contributed by atoms with Crippen molar-refractivity contribution < 1.29 is 33.0 Å². The van der Waals surface area contributed by atoms with Gasteiger partial charge in [-0.1, -0.05) is 0 Å². The molecule has 3 aromatic rings. The molecule has 0 aliphatic rings. The zero-order chi connectivity index (χ0) is 23.4. The SMILES string of the molecule is CCC[O][Zr]([O]CCC)([O]CCC)[O][Si](c1ccccc1)(c1ccccc1)c1ccccc1. The summed E-state index contributed by atoms with van der Waals surface area (Å²) in [6, 6.07) is 31.6. The van der Waals surface area contributed by atoms with E-state index < -0.39 is 30.3 Å². The first-order valence-corrected chi connectivity index (χ1v) is 17.9. The molecule has 3 rings (SSSR count). The molecule has 0 fully saturated rings. The van der Waals surface area contributed by atoms with Gasteiger partial charge >= 0.3 is 208 Å². The van der Waals surface area contributed by atoms with E-state index in [-0.39, 0.29) is 0 Å². The molecule has 0 saturated heterocycles. The van der Waals surface area contributed by atoms with E-state index in [9.17, 15) is 0 Å². The standard InChI is InChI=1S/C18H15OSi.3C3H7O.Zr/c19-20(16-10-4-1-5-11-16,17-12-6-2-7-13-17)18-14-8-3-9-15-18;3*1-2-3-4;/h1-15H;3*2-3H2,1H3;/q4*-1;+4. The molecule has 6 heteroatoms. The van der Waals surface area contributed by atoms with E-state index in [0.29, 0.717) is 19.8 Å². The first-order chi connectivity index (χ1) is 16.2. The Labute approximate surface area is 206 Å². The predicted octanol–water partition coefficient (Wildman–Crippen LogP) is 4.76. The molecule has 0 aliphatic carbocycles. The van der Waals surface area contributed by atoms with Crippen molar-refractivity contribution in [2.24, 2.45) is 0 Å². The fourth-order valence-corrected chi connectivity index (χ4v) is 18.3. The van der Waals surface area contributed by atoms with Gasteiger partial charge in [0, 0.05) is 0 Å². The fourth-order valence-electron chi connectivity index (χ4n) is 3.78. The van der Waals surface area contributed by atoms with Gasteiger partial charge in [-0.05, 0) is 0 Å². The van der Waals surface area contributed by atoms with Gasteiger partial charge in [0.25, 0.3) is 0 Å². The second kappa shape index (κ2) is 13.5. The summed E-state index contributed by atoms with van der Waals surface area (Å²) in [6.07, 6.45) is 2.64. The molecule has 0 N–H and O–H groups in total. The van der Waals surface area contributed by atoms with E-state index in [4.69, 9.17) is 10.9 Å². The van der Waals surface area contributed by atoms with Crippen molar-refractivity contribution in [3.63, 3.8) is 0 Å². The van der Waals surface area contributed by atoms with Gasteiger partial charge in [-0.3, -0.25) is 0 Å². The third kappa shape index (κ3) is 6.60. The summed E-state index contributed by atoms with van der Waals surface area (Å²) in [5, 5.41) is 3.47. The average Bonchev–Trinajstić information content (AvgIpc) is 2.89. The Hall–Kier alpha value is -1.40. The van der Waals surface area contributed by atoms with Crippen molar-refractivity contribution in [1.82, 2.24) is 0 Å². The first kappa shape index (κ1) is 26.2. The van der Waals surface area contributed by atoms with Crippen LogP contribution in [0.15, 0.2) is 91.0 Å². The van der Waals surface area contributed by atoms with E-state index in [1.54, 1.807) is 0 Å². The number of hydrogen-bond acceptors (Lipinski definition) is 4. The van der Waals surface area contributed by atoms with E-state index in [2.05, 4.69) is 93.6 Å². The average molecular weight is 544 g/mol. The molecule has 0 heterocycles.